The van der Waals surface area contributed by atoms with Crippen molar-refractivity contribution in [2.75, 3.05) is 0 Å². The van der Waals surface area contributed by atoms with Crippen LogP contribution in [0.3, 0.4) is 0 Å². The molecule has 5 nitrogen and oxygen atoms in total. The summed E-state index contributed by atoms with van der Waals surface area (Å²) in [5.74, 6) is 0.653. The van der Waals surface area contributed by atoms with Crippen LogP contribution in [0.25, 0.3) is 31.9 Å². The van der Waals surface area contributed by atoms with Gasteiger partial charge in [0, 0.05) is 22.8 Å². The van der Waals surface area contributed by atoms with Gasteiger partial charge in [-0.15, -0.1) is 11.3 Å². The summed E-state index contributed by atoms with van der Waals surface area (Å²) in [6, 6.07) is 20.1. The summed E-state index contributed by atoms with van der Waals surface area (Å²) < 4.78 is 0. The summed E-state index contributed by atoms with van der Waals surface area (Å²) >= 11 is 1.58. The van der Waals surface area contributed by atoms with E-state index >= 15 is 0 Å². The zero-order valence-electron chi connectivity index (χ0n) is 14.8. The van der Waals surface area contributed by atoms with Crippen LogP contribution in [0.2, 0.25) is 0 Å². The monoisotopic (exact) mass is 384 g/mol. The Morgan fingerprint density at radius 2 is 1.75 bits per heavy atom. The Balaban J connectivity index is 1.63. The summed E-state index contributed by atoms with van der Waals surface area (Å²) in [6.07, 6.45) is 4.25. The van der Waals surface area contributed by atoms with Crippen LogP contribution in [0.4, 0.5) is 0 Å². The fourth-order valence-corrected chi connectivity index (χ4v) is 4.47. The van der Waals surface area contributed by atoms with Crippen molar-refractivity contribution in [3.05, 3.63) is 90.5 Å². The predicted molar refractivity (Wildman–Crippen MR) is 111 cm³/mol. The number of rotatable bonds is 4. The molecule has 0 aliphatic heterocycles. The summed E-state index contributed by atoms with van der Waals surface area (Å²) in [5.41, 5.74) is 2.71. The number of aliphatic hydroxyl groups excluding tert-OH is 1. The van der Waals surface area contributed by atoms with Crippen LogP contribution < -0.4 is 0 Å². The predicted octanol–water partition coefficient (Wildman–Crippen LogP) is 4.83. The number of aliphatic hydroxyl groups is 1. The van der Waals surface area contributed by atoms with Gasteiger partial charge in [-0.2, -0.15) is 5.10 Å². The van der Waals surface area contributed by atoms with E-state index in [1.54, 1.807) is 23.7 Å². The van der Waals surface area contributed by atoms with E-state index in [-0.39, 0.29) is 0 Å². The maximum atomic E-state index is 11.2. The normalized spacial score (nSPS) is 12.3. The minimum Gasteiger partial charge on any atom is -0.384 e. The molecule has 0 aliphatic rings. The van der Waals surface area contributed by atoms with E-state index < -0.39 is 6.10 Å². The van der Waals surface area contributed by atoms with Crippen molar-refractivity contribution in [1.82, 2.24) is 20.2 Å². The average Bonchev–Trinajstić information content (AvgIpc) is 3.43. The molecule has 1 atom stereocenters. The fraction of sp³-hybridized carbons (Fsp3) is 0.0455. The molecule has 2 N–H and O–H groups in total. The highest BCUT2D eigenvalue weighted by atomic mass is 32.1. The molecule has 0 radical (unpaired) electrons. The second-order valence-electron chi connectivity index (χ2n) is 6.47. The lowest BCUT2D eigenvalue weighted by Gasteiger charge is -2.12. The first kappa shape index (κ1) is 16.8. The van der Waals surface area contributed by atoms with Gasteiger partial charge in [0.25, 0.3) is 0 Å². The molecule has 28 heavy (non-hydrogen) atoms. The molecule has 2 aromatic carbocycles. The van der Waals surface area contributed by atoms with Gasteiger partial charge in [-0.3, -0.25) is 10.1 Å². The van der Waals surface area contributed by atoms with E-state index in [1.807, 2.05) is 48.5 Å². The Morgan fingerprint density at radius 1 is 0.929 bits per heavy atom. The largest absolute Gasteiger partial charge is 0.384 e. The van der Waals surface area contributed by atoms with Gasteiger partial charge in [-0.05, 0) is 46.2 Å². The van der Waals surface area contributed by atoms with Crippen molar-refractivity contribution in [2.45, 2.75) is 6.10 Å². The highest BCUT2D eigenvalue weighted by Crippen LogP contribution is 2.41. The standard InChI is InChI=1S/C22H16N4OS/c27-20(17-6-5-14-3-1-2-4-16(14)11-17)18-12-19(15-7-9-23-10-8-15)28-21(18)22-24-13-25-26-22/h1-13,20,27H,(H,24,25,26). The zero-order valence-corrected chi connectivity index (χ0v) is 15.6. The summed E-state index contributed by atoms with van der Waals surface area (Å²) in [6.45, 7) is 0. The average molecular weight is 384 g/mol. The first-order valence-corrected chi connectivity index (χ1v) is 9.68. The Bertz CT molecular complexity index is 1230. The molecule has 3 aromatic heterocycles. The second kappa shape index (κ2) is 6.99. The van der Waals surface area contributed by atoms with Crippen molar-refractivity contribution >= 4 is 22.1 Å². The molecule has 6 heteroatoms. The number of nitrogens with one attached hydrogen (secondary N) is 1. The number of nitrogens with zero attached hydrogens (tertiary/aromatic N) is 3. The molecule has 0 spiro atoms. The summed E-state index contributed by atoms with van der Waals surface area (Å²) in [5, 5.41) is 20.4. The fourth-order valence-electron chi connectivity index (χ4n) is 3.32. The maximum absolute atomic E-state index is 11.2. The first-order valence-electron chi connectivity index (χ1n) is 8.86. The van der Waals surface area contributed by atoms with Crippen molar-refractivity contribution < 1.29 is 5.11 Å². The minimum atomic E-state index is -0.767. The van der Waals surface area contributed by atoms with Gasteiger partial charge in [0.1, 0.15) is 12.4 Å². The molecule has 0 aliphatic carbocycles. The highest BCUT2D eigenvalue weighted by Gasteiger charge is 2.22. The molecule has 1 unspecified atom stereocenters. The second-order valence-corrected chi connectivity index (χ2v) is 7.53. The molecule has 136 valence electrons. The van der Waals surface area contributed by atoms with Crippen molar-refractivity contribution in [3.63, 3.8) is 0 Å². The number of benzene rings is 2. The molecule has 0 amide bonds. The van der Waals surface area contributed by atoms with Crippen LogP contribution in [0.15, 0.2) is 79.4 Å². The third-order valence-corrected chi connectivity index (χ3v) is 5.95. The SMILES string of the molecule is OC(c1ccc2ccccc2c1)c1cc(-c2ccncc2)sc1-c1ncn[nH]1. The van der Waals surface area contributed by atoms with E-state index in [0.29, 0.717) is 5.82 Å². The van der Waals surface area contributed by atoms with Crippen LogP contribution in [0.1, 0.15) is 17.2 Å². The molecule has 5 rings (SSSR count). The van der Waals surface area contributed by atoms with E-state index in [0.717, 1.165) is 37.2 Å². The lowest BCUT2D eigenvalue weighted by Crippen LogP contribution is -2.00. The van der Waals surface area contributed by atoms with Crippen LogP contribution >= 0.6 is 11.3 Å². The maximum Gasteiger partial charge on any atom is 0.165 e. The molecular weight excluding hydrogens is 368 g/mol. The number of hydrogen-bond acceptors (Lipinski definition) is 5. The van der Waals surface area contributed by atoms with Crippen molar-refractivity contribution in [3.8, 4) is 21.1 Å². The van der Waals surface area contributed by atoms with Gasteiger partial charge in [-0.25, -0.2) is 4.98 Å². The third kappa shape index (κ3) is 2.98. The molecule has 0 saturated heterocycles. The van der Waals surface area contributed by atoms with Gasteiger partial charge in [0.2, 0.25) is 0 Å². The van der Waals surface area contributed by atoms with Crippen LogP contribution in [0.5, 0.6) is 0 Å². The third-order valence-electron chi connectivity index (χ3n) is 4.74. The Morgan fingerprint density at radius 3 is 2.54 bits per heavy atom. The van der Waals surface area contributed by atoms with E-state index in [9.17, 15) is 5.11 Å². The van der Waals surface area contributed by atoms with Gasteiger partial charge < -0.3 is 5.11 Å². The Labute approximate surface area is 165 Å². The number of hydrogen-bond donors (Lipinski definition) is 2. The molecule has 0 fully saturated rings. The van der Waals surface area contributed by atoms with Crippen molar-refractivity contribution in [2.24, 2.45) is 0 Å². The van der Waals surface area contributed by atoms with E-state index in [2.05, 4.69) is 32.3 Å². The zero-order chi connectivity index (χ0) is 18.9. The number of aromatic nitrogens is 4. The summed E-state index contributed by atoms with van der Waals surface area (Å²) in [4.78, 5) is 10.3. The smallest absolute Gasteiger partial charge is 0.165 e. The number of aromatic amines is 1. The lowest BCUT2D eigenvalue weighted by molar-refractivity contribution is 0.221. The molecule has 3 heterocycles. The van der Waals surface area contributed by atoms with Gasteiger partial charge in [0.15, 0.2) is 5.82 Å². The lowest BCUT2D eigenvalue weighted by atomic mass is 9.98. The number of pyridine rings is 1. The number of H-pyrrole nitrogens is 1. The van der Waals surface area contributed by atoms with E-state index in [4.69, 9.17) is 0 Å². The van der Waals surface area contributed by atoms with Gasteiger partial charge in [0.05, 0.1) is 4.88 Å². The molecule has 5 aromatic rings. The Hall–Kier alpha value is -3.35. The van der Waals surface area contributed by atoms with Crippen LogP contribution in [-0.4, -0.2) is 25.3 Å². The molecular formula is C22H16N4OS. The summed E-state index contributed by atoms with van der Waals surface area (Å²) in [7, 11) is 0. The van der Waals surface area contributed by atoms with Crippen molar-refractivity contribution in [1.29, 1.82) is 0 Å². The van der Waals surface area contributed by atoms with Crippen LogP contribution in [-0.2, 0) is 0 Å². The first-order chi connectivity index (χ1) is 13.8. The highest BCUT2D eigenvalue weighted by molar-refractivity contribution is 7.19. The number of fused-ring (bicyclic) bond motifs is 1. The van der Waals surface area contributed by atoms with Gasteiger partial charge in [-0.1, -0.05) is 36.4 Å². The minimum absolute atomic E-state index is 0.653. The van der Waals surface area contributed by atoms with Gasteiger partial charge >= 0.3 is 0 Å². The van der Waals surface area contributed by atoms with Crippen LogP contribution in [0, 0.1) is 0 Å². The Kier molecular flexibility index (Phi) is 4.20. The quantitative estimate of drug-likeness (QED) is 0.465. The number of thiophene rings is 1. The molecule has 0 bridgehead atoms. The van der Waals surface area contributed by atoms with E-state index in [1.165, 1.54) is 6.33 Å². The topological polar surface area (TPSA) is 74.7 Å². The molecule has 0 saturated carbocycles.